The molecule has 1 aliphatic heterocycles. The Morgan fingerprint density at radius 2 is 1.04 bits per heavy atom. The molecule has 0 aromatic heterocycles. The lowest BCUT2D eigenvalue weighted by atomic mass is 9.95. The zero-order valence-corrected chi connectivity index (χ0v) is 28.2. The van der Waals surface area contributed by atoms with E-state index in [1.54, 1.807) is 12.1 Å². The van der Waals surface area contributed by atoms with Crippen LogP contribution in [0.3, 0.4) is 0 Å². The Labute approximate surface area is 296 Å². The SMILES string of the molecule is O=C(N[C@H](Cc1ccc2ccccc2c1)C(=O)N[C@H](Cc1ccc2ccccc2c1)C(=O)N[C@@H](Cc1ccc(O)cc1)C(=O)O)C1CCNCC1. The standard InChI is InChI=1S/C41H42N4O6/c46-34-15-11-26(12-16-34)23-37(41(50)51)45-40(49)36(25-28-10-14-30-6-2-4-8-33(30)22-28)44-39(48)35(43-38(47)31-17-19-42-20-18-31)24-27-9-13-29-5-1-3-7-32(29)21-27/h1-16,21-22,31,35-37,42,46H,17-20,23-25H2,(H,43,47)(H,44,48)(H,45,49)(H,50,51)/t35-,36-,37+/m1/s1. The van der Waals surface area contributed by atoms with E-state index in [0.29, 0.717) is 31.5 Å². The highest BCUT2D eigenvalue weighted by Crippen LogP contribution is 2.20. The van der Waals surface area contributed by atoms with Crippen molar-refractivity contribution in [2.45, 2.75) is 50.2 Å². The third kappa shape index (κ3) is 9.29. The van der Waals surface area contributed by atoms with Crippen LogP contribution in [0.25, 0.3) is 21.5 Å². The van der Waals surface area contributed by atoms with Crippen molar-refractivity contribution in [3.63, 3.8) is 0 Å². The monoisotopic (exact) mass is 686 g/mol. The minimum atomic E-state index is -1.30. The summed E-state index contributed by atoms with van der Waals surface area (Å²) in [6.45, 7) is 1.42. The first kappa shape index (κ1) is 35.1. The molecule has 0 aliphatic carbocycles. The lowest BCUT2D eigenvalue weighted by Gasteiger charge is -2.27. The molecule has 3 amide bonds. The molecule has 0 radical (unpaired) electrons. The Kier molecular flexibility index (Phi) is 11.2. The molecular weight excluding hydrogens is 644 g/mol. The van der Waals surface area contributed by atoms with Gasteiger partial charge in [-0.15, -0.1) is 0 Å². The van der Waals surface area contributed by atoms with E-state index in [1.165, 1.54) is 12.1 Å². The van der Waals surface area contributed by atoms with Crippen LogP contribution in [-0.2, 0) is 38.4 Å². The number of carboxylic acids is 1. The maximum absolute atomic E-state index is 14.2. The fourth-order valence-electron chi connectivity index (χ4n) is 6.61. The number of piperidine rings is 1. The van der Waals surface area contributed by atoms with Crippen molar-refractivity contribution < 1.29 is 29.4 Å². The second-order valence-corrected chi connectivity index (χ2v) is 13.2. The second-order valence-electron chi connectivity index (χ2n) is 13.2. The molecule has 0 spiro atoms. The molecule has 0 bridgehead atoms. The summed E-state index contributed by atoms with van der Waals surface area (Å²) in [5.74, 6) is -2.87. The predicted molar refractivity (Wildman–Crippen MR) is 196 cm³/mol. The smallest absolute Gasteiger partial charge is 0.326 e. The van der Waals surface area contributed by atoms with Crippen LogP contribution in [0.15, 0.2) is 109 Å². The van der Waals surface area contributed by atoms with Gasteiger partial charge in [-0.1, -0.05) is 97.1 Å². The molecule has 5 aromatic carbocycles. The number of rotatable bonds is 13. The first-order valence-corrected chi connectivity index (χ1v) is 17.3. The van der Waals surface area contributed by atoms with Gasteiger partial charge >= 0.3 is 5.97 Å². The minimum absolute atomic E-state index is 0.0329. The van der Waals surface area contributed by atoms with Crippen molar-refractivity contribution in [3.05, 3.63) is 126 Å². The van der Waals surface area contributed by atoms with Crippen LogP contribution in [-0.4, -0.2) is 65.1 Å². The number of hydrogen-bond donors (Lipinski definition) is 6. The summed E-state index contributed by atoms with van der Waals surface area (Å²) in [5.41, 5.74) is 2.21. The number of aliphatic carboxylic acids is 1. The van der Waals surface area contributed by atoms with Gasteiger partial charge in [0.1, 0.15) is 23.9 Å². The number of carboxylic acid groups (broad SMARTS) is 1. The molecule has 5 aromatic rings. The van der Waals surface area contributed by atoms with E-state index in [2.05, 4.69) is 21.3 Å². The number of phenolic OH excluding ortho intramolecular Hbond substituents is 1. The summed E-state index contributed by atoms with van der Waals surface area (Å²) in [5, 5.41) is 35.5. The fourth-order valence-corrected chi connectivity index (χ4v) is 6.61. The van der Waals surface area contributed by atoms with E-state index in [9.17, 15) is 29.4 Å². The highest BCUT2D eigenvalue weighted by atomic mass is 16.4. The summed E-state index contributed by atoms with van der Waals surface area (Å²) < 4.78 is 0. The first-order chi connectivity index (χ1) is 24.7. The molecule has 0 saturated carbocycles. The van der Waals surface area contributed by atoms with Crippen LogP contribution >= 0.6 is 0 Å². The molecule has 1 saturated heterocycles. The number of carbonyl (C=O) groups is 4. The summed E-state index contributed by atoms with van der Waals surface area (Å²) in [4.78, 5) is 54.0. The molecule has 10 nitrogen and oxygen atoms in total. The van der Waals surface area contributed by atoms with Crippen molar-refractivity contribution in [3.8, 4) is 5.75 Å². The van der Waals surface area contributed by atoms with Crippen LogP contribution < -0.4 is 21.3 Å². The molecule has 1 aliphatic rings. The minimum Gasteiger partial charge on any atom is -0.508 e. The van der Waals surface area contributed by atoms with Gasteiger partial charge in [0.25, 0.3) is 0 Å². The summed E-state index contributed by atoms with van der Waals surface area (Å²) in [6.07, 6.45) is 1.55. The maximum atomic E-state index is 14.2. The van der Waals surface area contributed by atoms with Gasteiger partial charge < -0.3 is 31.5 Å². The van der Waals surface area contributed by atoms with E-state index in [-0.39, 0.29) is 36.8 Å². The lowest BCUT2D eigenvalue weighted by Crippen LogP contribution is -2.57. The van der Waals surface area contributed by atoms with E-state index >= 15 is 0 Å². The zero-order chi connectivity index (χ0) is 35.7. The van der Waals surface area contributed by atoms with Crippen molar-refractivity contribution in [2.75, 3.05) is 13.1 Å². The highest BCUT2D eigenvalue weighted by molar-refractivity contribution is 5.94. The van der Waals surface area contributed by atoms with Gasteiger partial charge in [0, 0.05) is 25.2 Å². The van der Waals surface area contributed by atoms with Crippen LogP contribution in [0.1, 0.15) is 29.5 Å². The Morgan fingerprint density at radius 3 is 1.57 bits per heavy atom. The number of benzene rings is 5. The summed E-state index contributed by atoms with van der Waals surface area (Å²) >= 11 is 0. The van der Waals surface area contributed by atoms with Crippen LogP contribution in [0.4, 0.5) is 0 Å². The van der Waals surface area contributed by atoms with Crippen molar-refractivity contribution in [1.82, 2.24) is 21.3 Å². The fraction of sp³-hybridized carbons (Fsp3) is 0.268. The van der Waals surface area contributed by atoms with E-state index in [0.717, 1.165) is 32.7 Å². The van der Waals surface area contributed by atoms with Gasteiger partial charge in [-0.25, -0.2) is 4.79 Å². The van der Waals surface area contributed by atoms with Gasteiger partial charge in [-0.3, -0.25) is 14.4 Å². The molecule has 51 heavy (non-hydrogen) atoms. The number of amides is 3. The van der Waals surface area contributed by atoms with E-state index in [4.69, 9.17) is 0 Å². The third-order valence-electron chi connectivity index (χ3n) is 9.47. The van der Waals surface area contributed by atoms with Gasteiger partial charge in [0.05, 0.1) is 0 Å². The molecule has 0 unspecified atom stereocenters. The zero-order valence-electron chi connectivity index (χ0n) is 28.2. The van der Waals surface area contributed by atoms with Crippen molar-refractivity contribution in [2.24, 2.45) is 5.92 Å². The molecule has 6 rings (SSSR count). The quantitative estimate of drug-likeness (QED) is 0.108. The first-order valence-electron chi connectivity index (χ1n) is 17.3. The number of phenols is 1. The second kappa shape index (κ2) is 16.3. The molecule has 3 atom stereocenters. The average molecular weight is 687 g/mol. The van der Waals surface area contributed by atoms with Crippen molar-refractivity contribution in [1.29, 1.82) is 0 Å². The predicted octanol–water partition coefficient (Wildman–Crippen LogP) is 4.27. The van der Waals surface area contributed by atoms with E-state index < -0.39 is 35.9 Å². The van der Waals surface area contributed by atoms with E-state index in [1.807, 2.05) is 84.9 Å². The Hall–Kier alpha value is -5.74. The molecule has 262 valence electrons. The molecular formula is C41H42N4O6. The average Bonchev–Trinajstić information content (AvgIpc) is 3.15. The highest BCUT2D eigenvalue weighted by Gasteiger charge is 2.32. The van der Waals surface area contributed by atoms with Gasteiger partial charge in [0.2, 0.25) is 17.7 Å². The molecule has 6 N–H and O–H groups in total. The normalized spacial score (nSPS) is 15.1. The van der Waals surface area contributed by atoms with Gasteiger partial charge in [-0.2, -0.15) is 0 Å². The number of fused-ring (bicyclic) bond motifs is 2. The van der Waals surface area contributed by atoms with Crippen LogP contribution in [0.2, 0.25) is 0 Å². The third-order valence-corrected chi connectivity index (χ3v) is 9.47. The van der Waals surface area contributed by atoms with Crippen LogP contribution in [0.5, 0.6) is 5.75 Å². The topological polar surface area (TPSA) is 157 Å². The number of nitrogens with one attached hydrogen (secondary N) is 4. The Balaban J connectivity index is 1.27. The van der Waals surface area contributed by atoms with Crippen molar-refractivity contribution >= 4 is 45.2 Å². The number of hydrogen-bond acceptors (Lipinski definition) is 6. The largest absolute Gasteiger partial charge is 0.508 e. The summed E-state index contributed by atoms with van der Waals surface area (Å²) in [7, 11) is 0. The Morgan fingerprint density at radius 1 is 0.588 bits per heavy atom. The molecule has 1 heterocycles. The Bertz CT molecular complexity index is 2020. The van der Waals surface area contributed by atoms with Crippen LogP contribution in [0, 0.1) is 5.92 Å². The van der Waals surface area contributed by atoms with Gasteiger partial charge in [-0.05, 0) is 76.3 Å². The lowest BCUT2D eigenvalue weighted by molar-refractivity contribution is -0.142. The summed E-state index contributed by atoms with van der Waals surface area (Å²) in [6, 6.07) is 30.0. The number of carbonyl (C=O) groups excluding carboxylic acids is 3. The van der Waals surface area contributed by atoms with Gasteiger partial charge in [0.15, 0.2) is 0 Å². The maximum Gasteiger partial charge on any atom is 0.326 e. The molecule has 1 fully saturated rings. The number of aromatic hydroxyl groups is 1. The molecule has 10 heteroatoms.